The minimum Gasteiger partial charge on any atom is -0.466 e. The van der Waals surface area contributed by atoms with E-state index in [2.05, 4.69) is 10.2 Å². The Bertz CT molecular complexity index is 1280. The first-order valence-electron chi connectivity index (χ1n) is 12.1. The third kappa shape index (κ3) is 5.71. The minimum absolute atomic E-state index is 0.0727. The second kappa shape index (κ2) is 11.3. The quantitative estimate of drug-likeness (QED) is 0.523. The van der Waals surface area contributed by atoms with Gasteiger partial charge in [-0.05, 0) is 63.1 Å². The van der Waals surface area contributed by atoms with Crippen molar-refractivity contribution in [3.8, 4) is 0 Å². The molecular weight excluding hydrogens is 518 g/mol. The van der Waals surface area contributed by atoms with Gasteiger partial charge in [0.15, 0.2) is 0 Å². The molecule has 4 rings (SSSR count). The molecule has 1 saturated heterocycles. The number of thiophene rings is 1. The highest BCUT2D eigenvalue weighted by atomic mass is 32.2. The van der Waals surface area contributed by atoms with E-state index in [-0.39, 0.29) is 35.4 Å². The monoisotopic (exact) mass is 549 g/mol. The number of hydrogen-bond donors (Lipinski definition) is 1. The summed E-state index contributed by atoms with van der Waals surface area (Å²) >= 11 is 1.35. The number of carbonyl (C=O) groups is 3. The fourth-order valence-electron chi connectivity index (χ4n) is 4.63. The summed E-state index contributed by atoms with van der Waals surface area (Å²) in [6.45, 7) is 3.98. The summed E-state index contributed by atoms with van der Waals surface area (Å²) < 4.78 is 37.6. The van der Waals surface area contributed by atoms with Crippen molar-refractivity contribution in [3.63, 3.8) is 0 Å². The van der Waals surface area contributed by atoms with Crippen LogP contribution in [0.5, 0.6) is 0 Å². The largest absolute Gasteiger partial charge is 0.466 e. The number of nitrogens with zero attached hydrogens (tertiary/aromatic N) is 2. The Labute approximate surface area is 220 Å². The van der Waals surface area contributed by atoms with Crippen LogP contribution in [-0.4, -0.2) is 75.9 Å². The van der Waals surface area contributed by atoms with Gasteiger partial charge in [0, 0.05) is 36.6 Å². The molecule has 0 spiro atoms. The van der Waals surface area contributed by atoms with Crippen LogP contribution in [-0.2, 0) is 37.3 Å². The maximum Gasteiger partial charge on any atom is 0.341 e. The van der Waals surface area contributed by atoms with Gasteiger partial charge < -0.3 is 19.7 Å². The van der Waals surface area contributed by atoms with Gasteiger partial charge in [0.05, 0.1) is 30.1 Å². The highest BCUT2D eigenvalue weighted by Crippen LogP contribution is 2.37. The third-order valence-electron chi connectivity index (χ3n) is 6.69. The van der Waals surface area contributed by atoms with E-state index in [1.54, 1.807) is 6.92 Å². The maximum atomic E-state index is 13.1. The second-order valence-corrected chi connectivity index (χ2v) is 12.1. The van der Waals surface area contributed by atoms with E-state index in [0.29, 0.717) is 43.0 Å². The van der Waals surface area contributed by atoms with Crippen molar-refractivity contribution in [3.05, 3.63) is 45.8 Å². The lowest BCUT2D eigenvalue weighted by atomic mass is 9.98. The summed E-state index contributed by atoms with van der Waals surface area (Å²) in [7, 11) is -0.460. The highest BCUT2D eigenvalue weighted by Gasteiger charge is 2.33. The average molecular weight is 550 g/mol. The van der Waals surface area contributed by atoms with Crippen molar-refractivity contribution < 1.29 is 32.3 Å². The van der Waals surface area contributed by atoms with Crippen LogP contribution in [0, 0.1) is 5.92 Å². The Morgan fingerprint density at radius 2 is 1.78 bits per heavy atom. The number of nitrogens with one attached hydrogen (secondary N) is 1. The predicted molar refractivity (Wildman–Crippen MR) is 138 cm³/mol. The van der Waals surface area contributed by atoms with E-state index in [0.717, 1.165) is 17.0 Å². The van der Waals surface area contributed by atoms with E-state index in [1.807, 2.05) is 7.05 Å². The molecule has 1 N–H and O–H groups in total. The summed E-state index contributed by atoms with van der Waals surface area (Å²) in [6.07, 6.45) is 1.50. The molecule has 2 aliphatic heterocycles. The van der Waals surface area contributed by atoms with E-state index >= 15 is 0 Å². The van der Waals surface area contributed by atoms with Crippen LogP contribution >= 0.6 is 11.3 Å². The SMILES string of the molecule is CCOC(=O)C1CCN(S(=O)(=O)c2ccc(C(=O)Nc3sc4c(c3C(=O)OC)CCN(C)C4)cc2)CC1. The van der Waals surface area contributed by atoms with E-state index in [1.165, 1.54) is 47.0 Å². The molecule has 10 nitrogen and oxygen atoms in total. The molecule has 1 fully saturated rings. The van der Waals surface area contributed by atoms with Crippen molar-refractivity contribution in [2.24, 2.45) is 5.92 Å². The molecule has 1 amide bonds. The average Bonchev–Trinajstić information content (AvgIpc) is 3.25. The lowest BCUT2D eigenvalue weighted by Gasteiger charge is -2.30. The molecule has 0 unspecified atom stereocenters. The molecule has 0 atom stereocenters. The van der Waals surface area contributed by atoms with Gasteiger partial charge >= 0.3 is 11.9 Å². The summed E-state index contributed by atoms with van der Waals surface area (Å²) in [5.41, 5.74) is 1.55. The number of carbonyl (C=O) groups excluding carboxylic acids is 3. The standard InChI is InChI=1S/C25H31N3O7S2/c1-4-35-24(30)17-9-13-28(14-10-17)37(32,33)18-7-5-16(6-8-18)22(29)26-23-21(25(31)34-3)19-11-12-27(2)15-20(19)36-23/h5-8,17H,4,9-15H2,1-3H3,(H,26,29). The van der Waals surface area contributed by atoms with Crippen LogP contribution in [0.4, 0.5) is 5.00 Å². The van der Waals surface area contributed by atoms with Crippen LogP contribution in [0.25, 0.3) is 0 Å². The van der Waals surface area contributed by atoms with E-state index in [4.69, 9.17) is 9.47 Å². The molecule has 0 bridgehead atoms. The Morgan fingerprint density at radius 1 is 1.11 bits per heavy atom. The molecule has 0 aliphatic carbocycles. The Balaban J connectivity index is 1.46. The van der Waals surface area contributed by atoms with Crippen molar-refractivity contribution in [1.82, 2.24) is 9.21 Å². The van der Waals surface area contributed by atoms with E-state index < -0.39 is 21.9 Å². The number of esters is 2. The Hall–Kier alpha value is -2.80. The fraction of sp³-hybridized carbons (Fsp3) is 0.480. The predicted octanol–water partition coefficient (Wildman–Crippen LogP) is 2.74. The maximum absolute atomic E-state index is 13.1. The Kier molecular flexibility index (Phi) is 8.32. The van der Waals surface area contributed by atoms with Gasteiger partial charge in [-0.2, -0.15) is 4.31 Å². The molecule has 0 saturated carbocycles. The molecule has 2 aromatic rings. The number of ether oxygens (including phenoxy) is 2. The first-order valence-corrected chi connectivity index (χ1v) is 14.4. The molecule has 37 heavy (non-hydrogen) atoms. The van der Waals surface area contributed by atoms with Crippen LogP contribution in [0.3, 0.4) is 0 Å². The molecule has 0 radical (unpaired) electrons. The molecule has 1 aromatic heterocycles. The minimum atomic E-state index is -3.77. The number of benzene rings is 1. The van der Waals surface area contributed by atoms with Crippen LogP contribution in [0.2, 0.25) is 0 Å². The first kappa shape index (κ1) is 27.2. The molecule has 3 heterocycles. The molecular formula is C25H31N3O7S2. The van der Waals surface area contributed by atoms with Crippen molar-refractivity contribution in [1.29, 1.82) is 0 Å². The van der Waals surface area contributed by atoms with Gasteiger partial charge in [0.1, 0.15) is 5.00 Å². The van der Waals surface area contributed by atoms with Crippen molar-refractivity contribution in [2.45, 2.75) is 37.6 Å². The first-order chi connectivity index (χ1) is 17.6. The van der Waals surface area contributed by atoms with Gasteiger partial charge in [-0.1, -0.05) is 0 Å². The zero-order chi connectivity index (χ0) is 26.7. The lowest BCUT2D eigenvalue weighted by Crippen LogP contribution is -2.40. The van der Waals surface area contributed by atoms with Crippen LogP contribution < -0.4 is 5.32 Å². The summed E-state index contributed by atoms with van der Waals surface area (Å²) in [5, 5.41) is 3.25. The van der Waals surface area contributed by atoms with Gasteiger partial charge in [-0.25, -0.2) is 13.2 Å². The molecule has 200 valence electrons. The number of fused-ring (bicyclic) bond motifs is 1. The van der Waals surface area contributed by atoms with Crippen LogP contribution in [0.15, 0.2) is 29.2 Å². The van der Waals surface area contributed by atoms with Gasteiger partial charge in [-0.3, -0.25) is 9.59 Å². The fourth-order valence-corrected chi connectivity index (χ4v) is 7.41. The number of rotatable bonds is 7. The lowest BCUT2D eigenvalue weighted by molar-refractivity contribution is -0.149. The number of amides is 1. The molecule has 12 heteroatoms. The third-order valence-corrected chi connectivity index (χ3v) is 9.74. The number of piperidine rings is 1. The zero-order valence-electron chi connectivity index (χ0n) is 21.1. The number of sulfonamides is 1. The second-order valence-electron chi connectivity index (χ2n) is 9.10. The van der Waals surface area contributed by atoms with Gasteiger partial charge in [0.25, 0.3) is 5.91 Å². The summed E-state index contributed by atoms with van der Waals surface area (Å²) in [6, 6.07) is 5.70. The number of likely N-dealkylation sites (N-methyl/N-ethyl adjacent to an activating group) is 1. The van der Waals surface area contributed by atoms with Crippen molar-refractivity contribution >= 4 is 44.2 Å². The zero-order valence-corrected chi connectivity index (χ0v) is 22.7. The normalized spacial score (nSPS) is 17.2. The van der Waals surface area contributed by atoms with Crippen molar-refractivity contribution in [2.75, 3.05) is 45.7 Å². The summed E-state index contributed by atoms with van der Waals surface area (Å²) in [5.74, 6) is -1.53. The highest BCUT2D eigenvalue weighted by molar-refractivity contribution is 7.89. The van der Waals surface area contributed by atoms with Crippen LogP contribution in [0.1, 0.15) is 50.9 Å². The topological polar surface area (TPSA) is 122 Å². The smallest absolute Gasteiger partial charge is 0.341 e. The number of methoxy groups -OCH3 is 1. The van der Waals surface area contributed by atoms with Gasteiger partial charge in [0.2, 0.25) is 10.0 Å². The number of anilines is 1. The Morgan fingerprint density at radius 3 is 2.41 bits per heavy atom. The van der Waals surface area contributed by atoms with E-state index in [9.17, 15) is 22.8 Å². The molecule has 2 aliphatic rings. The molecule has 1 aromatic carbocycles. The summed E-state index contributed by atoms with van der Waals surface area (Å²) in [4.78, 5) is 40.7. The van der Waals surface area contributed by atoms with Gasteiger partial charge in [-0.15, -0.1) is 11.3 Å². The number of hydrogen-bond acceptors (Lipinski definition) is 9.